The summed E-state index contributed by atoms with van der Waals surface area (Å²) in [5.41, 5.74) is 2.53. The Hall–Kier alpha value is -3.45. The molecule has 2 aromatic heterocycles. The molecule has 0 saturated carbocycles. The molecule has 0 saturated heterocycles. The van der Waals surface area contributed by atoms with E-state index in [1.807, 2.05) is 40.3 Å². The third kappa shape index (κ3) is 4.10. The quantitative estimate of drug-likeness (QED) is 0.392. The number of aryl methyl sites for hydroxylation is 1. The Morgan fingerprint density at radius 1 is 1.04 bits per heavy atom. The van der Waals surface area contributed by atoms with Gasteiger partial charge in [-0.1, -0.05) is 18.2 Å². The normalized spacial score (nSPS) is 10.7. The number of aromatic nitrogens is 2. The van der Waals surface area contributed by atoms with Crippen LogP contribution in [-0.4, -0.2) is 21.4 Å². The van der Waals surface area contributed by atoms with E-state index in [4.69, 9.17) is 4.74 Å². The maximum atomic E-state index is 12.1. The number of rotatable bonds is 6. The number of carbonyl (C=O) groups excluding carboxylic acids is 2. The number of hydrogen-bond acceptors (Lipinski definition) is 5. The minimum atomic E-state index is -0.326. The van der Waals surface area contributed by atoms with E-state index in [9.17, 15) is 9.59 Å². The number of hydrogen-bond donors (Lipinski definition) is 1. The summed E-state index contributed by atoms with van der Waals surface area (Å²) < 4.78 is 7.30. The number of benzene rings is 2. The zero-order chi connectivity index (χ0) is 19.3. The molecule has 0 radical (unpaired) electrons. The Morgan fingerprint density at radius 2 is 1.86 bits per heavy atom. The van der Waals surface area contributed by atoms with E-state index in [0.29, 0.717) is 22.9 Å². The highest BCUT2D eigenvalue weighted by Gasteiger charge is 2.09. The highest BCUT2D eigenvalue weighted by Crippen LogP contribution is 2.18. The minimum Gasteiger partial charge on any atom is -0.426 e. The van der Waals surface area contributed by atoms with Crippen molar-refractivity contribution >= 4 is 39.9 Å². The standard InChI is InChI=1S/C21H17N3O3S/c25-20(11-12-24-14-22-17-4-1-2-5-18(17)24)27-16-9-7-15(8-10-16)23-21(26)19-6-3-13-28-19/h1-10,13-14H,11-12H2,(H,23,26). The number of amides is 1. The van der Waals surface area contributed by atoms with Crippen molar-refractivity contribution in [2.24, 2.45) is 0 Å². The lowest BCUT2D eigenvalue weighted by molar-refractivity contribution is -0.134. The van der Waals surface area contributed by atoms with Gasteiger partial charge in [0.05, 0.1) is 28.7 Å². The van der Waals surface area contributed by atoms with Gasteiger partial charge in [-0.05, 0) is 47.8 Å². The van der Waals surface area contributed by atoms with E-state index in [0.717, 1.165) is 11.0 Å². The Bertz CT molecular complexity index is 1100. The second-order valence-corrected chi connectivity index (χ2v) is 7.05. The average Bonchev–Trinajstić information content (AvgIpc) is 3.38. The molecule has 4 rings (SSSR count). The first-order valence-electron chi connectivity index (χ1n) is 8.74. The maximum Gasteiger partial charge on any atom is 0.312 e. The van der Waals surface area contributed by atoms with E-state index in [1.165, 1.54) is 11.3 Å². The van der Waals surface area contributed by atoms with Crippen LogP contribution in [0.2, 0.25) is 0 Å². The first-order chi connectivity index (χ1) is 13.7. The van der Waals surface area contributed by atoms with Crippen LogP contribution >= 0.6 is 11.3 Å². The van der Waals surface area contributed by atoms with Crippen LogP contribution in [0.5, 0.6) is 5.75 Å². The lowest BCUT2D eigenvalue weighted by atomic mass is 10.3. The molecule has 0 aliphatic heterocycles. The first kappa shape index (κ1) is 17.9. The van der Waals surface area contributed by atoms with Crippen LogP contribution in [0.25, 0.3) is 11.0 Å². The van der Waals surface area contributed by atoms with Gasteiger partial charge in [-0.2, -0.15) is 0 Å². The summed E-state index contributed by atoms with van der Waals surface area (Å²) in [4.78, 5) is 29.1. The van der Waals surface area contributed by atoms with E-state index in [-0.39, 0.29) is 18.3 Å². The van der Waals surface area contributed by atoms with Crippen molar-refractivity contribution in [1.29, 1.82) is 0 Å². The zero-order valence-electron chi connectivity index (χ0n) is 14.9. The third-order valence-corrected chi connectivity index (χ3v) is 5.04. The monoisotopic (exact) mass is 391 g/mol. The highest BCUT2D eigenvalue weighted by atomic mass is 32.1. The Labute approximate surface area is 165 Å². The number of nitrogens with one attached hydrogen (secondary N) is 1. The van der Waals surface area contributed by atoms with Crippen LogP contribution in [-0.2, 0) is 11.3 Å². The molecule has 1 amide bonds. The third-order valence-electron chi connectivity index (χ3n) is 4.17. The molecule has 0 aliphatic carbocycles. The first-order valence-corrected chi connectivity index (χ1v) is 9.62. The number of para-hydroxylation sites is 2. The van der Waals surface area contributed by atoms with Gasteiger partial charge in [0, 0.05) is 12.2 Å². The summed E-state index contributed by atoms with van der Waals surface area (Å²) in [7, 11) is 0. The summed E-state index contributed by atoms with van der Waals surface area (Å²) >= 11 is 1.38. The predicted octanol–water partition coefficient (Wildman–Crippen LogP) is 4.35. The molecule has 2 aromatic carbocycles. The number of anilines is 1. The molecule has 28 heavy (non-hydrogen) atoms. The Balaban J connectivity index is 1.31. The lowest BCUT2D eigenvalue weighted by Crippen LogP contribution is -2.12. The van der Waals surface area contributed by atoms with Crippen LogP contribution in [0.4, 0.5) is 5.69 Å². The van der Waals surface area contributed by atoms with Gasteiger partial charge in [0.2, 0.25) is 0 Å². The Morgan fingerprint density at radius 3 is 2.64 bits per heavy atom. The van der Waals surface area contributed by atoms with E-state index in [1.54, 1.807) is 36.7 Å². The maximum absolute atomic E-state index is 12.1. The zero-order valence-corrected chi connectivity index (χ0v) is 15.7. The smallest absolute Gasteiger partial charge is 0.312 e. The van der Waals surface area contributed by atoms with Crippen molar-refractivity contribution in [1.82, 2.24) is 9.55 Å². The molecule has 6 nitrogen and oxygen atoms in total. The second-order valence-electron chi connectivity index (χ2n) is 6.11. The molecular formula is C21H17N3O3S. The molecule has 7 heteroatoms. The van der Waals surface area contributed by atoms with Crippen LogP contribution < -0.4 is 10.1 Å². The highest BCUT2D eigenvalue weighted by molar-refractivity contribution is 7.12. The minimum absolute atomic E-state index is 0.160. The van der Waals surface area contributed by atoms with Gasteiger partial charge < -0.3 is 14.6 Å². The van der Waals surface area contributed by atoms with Gasteiger partial charge in [-0.3, -0.25) is 9.59 Å². The second kappa shape index (κ2) is 8.06. The fraction of sp³-hybridized carbons (Fsp3) is 0.0952. The Kier molecular flexibility index (Phi) is 5.16. The summed E-state index contributed by atoms with van der Waals surface area (Å²) in [6.07, 6.45) is 1.96. The molecular weight excluding hydrogens is 374 g/mol. The van der Waals surface area contributed by atoms with Crippen molar-refractivity contribution in [3.8, 4) is 5.75 Å². The number of ether oxygens (including phenoxy) is 1. The van der Waals surface area contributed by atoms with Gasteiger partial charge in [-0.25, -0.2) is 4.98 Å². The molecule has 0 unspecified atom stereocenters. The molecule has 0 bridgehead atoms. The number of imidazole rings is 1. The fourth-order valence-corrected chi connectivity index (χ4v) is 3.41. The number of nitrogens with zero attached hydrogens (tertiary/aromatic N) is 2. The number of carbonyl (C=O) groups is 2. The summed E-state index contributed by atoms with van der Waals surface area (Å²) in [5, 5.41) is 4.66. The SMILES string of the molecule is O=C(CCn1cnc2ccccc21)Oc1ccc(NC(=O)c2cccs2)cc1. The van der Waals surface area contributed by atoms with Crippen molar-refractivity contribution in [3.63, 3.8) is 0 Å². The van der Waals surface area contributed by atoms with Gasteiger partial charge >= 0.3 is 5.97 Å². The summed E-state index contributed by atoms with van der Waals surface area (Å²) in [5.74, 6) is -0.0462. The van der Waals surface area contributed by atoms with Crippen LogP contribution in [0.1, 0.15) is 16.1 Å². The van der Waals surface area contributed by atoms with Gasteiger partial charge in [-0.15, -0.1) is 11.3 Å². The molecule has 0 fully saturated rings. The molecule has 140 valence electrons. The largest absolute Gasteiger partial charge is 0.426 e. The predicted molar refractivity (Wildman–Crippen MR) is 109 cm³/mol. The topological polar surface area (TPSA) is 73.2 Å². The molecule has 0 atom stereocenters. The lowest BCUT2D eigenvalue weighted by Gasteiger charge is -2.07. The molecule has 0 spiro atoms. The van der Waals surface area contributed by atoms with E-state index >= 15 is 0 Å². The van der Waals surface area contributed by atoms with Crippen LogP contribution in [0.15, 0.2) is 72.4 Å². The molecule has 1 N–H and O–H groups in total. The van der Waals surface area contributed by atoms with Crippen molar-refractivity contribution in [2.75, 3.05) is 5.32 Å². The fourth-order valence-electron chi connectivity index (χ4n) is 2.79. The van der Waals surface area contributed by atoms with E-state index in [2.05, 4.69) is 10.3 Å². The number of fused-ring (bicyclic) bond motifs is 1. The molecule has 2 heterocycles. The van der Waals surface area contributed by atoms with Crippen molar-refractivity contribution < 1.29 is 14.3 Å². The van der Waals surface area contributed by atoms with E-state index < -0.39 is 0 Å². The van der Waals surface area contributed by atoms with Crippen LogP contribution in [0.3, 0.4) is 0 Å². The van der Waals surface area contributed by atoms with Gasteiger partial charge in [0.25, 0.3) is 5.91 Å². The van der Waals surface area contributed by atoms with Crippen LogP contribution in [0, 0.1) is 0 Å². The molecule has 0 aliphatic rings. The van der Waals surface area contributed by atoms with Gasteiger partial charge in [0.15, 0.2) is 0 Å². The molecule has 4 aromatic rings. The number of esters is 1. The van der Waals surface area contributed by atoms with Gasteiger partial charge in [0.1, 0.15) is 5.75 Å². The number of thiophene rings is 1. The average molecular weight is 391 g/mol. The summed E-state index contributed by atoms with van der Waals surface area (Å²) in [6, 6.07) is 18.1. The summed E-state index contributed by atoms with van der Waals surface area (Å²) in [6.45, 7) is 0.494. The van der Waals surface area contributed by atoms with Crippen molar-refractivity contribution in [2.45, 2.75) is 13.0 Å². The van der Waals surface area contributed by atoms with Crippen molar-refractivity contribution in [3.05, 3.63) is 77.2 Å².